The monoisotopic (exact) mass is 286 g/mol. The second kappa shape index (κ2) is 6.65. The minimum Gasteiger partial charge on any atom is -0.491 e. The standard InChI is InChI=1S/C16H18N2O3/c1-2-10-20-13-8-5-9-14(15(13)17)21-12-7-4-3-6-11(12)16(18)19/h3-9H,2,10,17H2,1H3,(H2,18,19). The van der Waals surface area contributed by atoms with Gasteiger partial charge in [0.2, 0.25) is 0 Å². The summed E-state index contributed by atoms with van der Waals surface area (Å²) in [6.07, 6.45) is 0.884. The molecule has 4 N–H and O–H groups in total. The third-order valence-electron chi connectivity index (χ3n) is 2.86. The highest BCUT2D eigenvalue weighted by molar-refractivity contribution is 5.95. The zero-order valence-electron chi connectivity index (χ0n) is 11.8. The van der Waals surface area contributed by atoms with Gasteiger partial charge in [-0.1, -0.05) is 25.1 Å². The minimum atomic E-state index is -0.553. The Morgan fingerprint density at radius 2 is 1.71 bits per heavy atom. The molecule has 0 spiro atoms. The molecule has 5 heteroatoms. The third-order valence-corrected chi connectivity index (χ3v) is 2.86. The molecule has 0 aliphatic heterocycles. The highest BCUT2D eigenvalue weighted by Gasteiger charge is 2.12. The number of hydrogen-bond acceptors (Lipinski definition) is 4. The van der Waals surface area contributed by atoms with Crippen molar-refractivity contribution in [2.75, 3.05) is 12.3 Å². The van der Waals surface area contributed by atoms with Crippen LogP contribution in [0, 0.1) is 0 Å². The number of hydrogen-bond donors (Lipinski definition) is 2. The minimum absolute atomic E-state index is 0.303. The number of carbonyl (C=O) groups is 1. The quantitative estimate of drug-likeness (QED) is 0.799. The van der Waals surface area contributed by atoms with Crippen molar-refractivity contribution >= 4 is 11.6 Å². The predicted octanol–water partition coefficient (Wildman–Crippen LogP) is 2.95. The Kier molecular flexibility index (Phi) is 4.66. The van der Waals surface area contributed by atoms with E-state index in [1.807, 2.05) is 6.92 Å². The summed E-state index contributed by atoms with van der Waals surface area (Å²) in [6.45, 7) is 2.59. The number of ether oxygens (including phenoxy) is 2. The zero-order chi connectivity index (χ0) is 15.2. The van der Waals surface area contributed by atoms with Gasteiger partial charge >= 0.3 is 0 Å². The first-order valence-electron chi connectivity index (χ1n) is 6.71. The Morgan fingerprint density at radius 1 is 1.05 bits per heavy atom. The zero-order valence-corrected chi connectivity index (χ0v) is 11.8. The van der Waals surface area contributed by atoms with Gasteiger partial charge in [-0.2, -0.15) is 0 Å². The van der Waals surface area contributed by atoms with E-state index < -0.39 is 5.91 Å². The molecule has 2 rings (SSSR count). The molecule has 0 aliphatic carbocycles. The van der Waals surface area contributed by atoms with Crippen molar-refractivity contribution < 1.29 is 14.3 Å². The van der Waals surface area contributed by atoms with Crippen molar-refractivity contribution in [3.8, 4) is 17.2 Å². The van der Waals surface area contributed by atoms with Gasteiger partial charge in [-0.15, -0.1) is 0 Å². The van der Waals surface area contributed by atoms with Crippen LogP contribution in [0.1, 0.15) is 23.7 Å². The molecule has 1 amide bonds. The lowest BCUT2D eigenvalue weighted by molar-refractivity contribution is 0.0998. The molecule has 0 aromatic heterocycles. The summed E-state index contributed by atoms with van der Waals surface area (Å²) < 4.78 is 11.3. The number of rotatable bonds is 6. The Labute approximate surface area is 123 Å². The van der Waals surface area contributed by atoms with Crippen molar-refractivity contribution in [3.05, 3.63) is 48.0 Å². The summed E-state index contributed by atoms with van der Waals surface area (Å²) in [5.41, 5.74) is 12.1. The molecule has 0 fully saturated rings. The Balaban J connectivity index is 2.30. The van der Waals surface area contributed by atoms with E-state index in [1.54, 1.807) is 42.5 Å². The number of benzene rings is 2. The van der Waals surface area contributed by atoms with Crippen LogP contribution in [-0.2, 0) is 0 Å². The van der Waals surface area contributed by atoms with Gasteiger partial charge < -0.3 is 20.9 Å². The Bertz CT molecular complexity index is 641. The number of carbonyl (C=O) groups excluding carboxylic acids is 1. The summed E-state index contributed by atoms with van der Waals surface area (Å²) in [5, 5.41) is 0. The molecule has 2 aromatic carbocycles. The smallest absolute Gasteiger partial charge is 0.252 e. The third kappa shape index (κ3) is 3.45. The second-order valence-corrected chi connectivity index (χ2v) is 4.48. The lowest BCUT2D eigenvalue weighted by Crippen LogP contribution is -2.12. The van der Waals surface area contributed by atoms with Crippen LogP contribution in [-0.4, -0.2) is 12.5 Å². The van der Waals surface area contributed by atoms with Crippen molar-refractivity contribution in [1.29, 1.82) is 0 Å². The molecular weight excluding hydrogens is 268 g/mol. The van der Waals surface area contributed by atoms with E-state index in [-0.39, 0.29) is 0 Å². The molecule has 21 heavy (non-hydrogen) atoms. The number of primary amides is 1. The first-order chi connectivity index (χ1) is 10.1. The van der Waals surface area contributed by atoms with Crippen LogP contribution in [0.2, 0.25) is 0 Å². The van der Waals surface area contributed by atoms with Crippen LogP contribution in [0.15, 0.2) is 42.5 Å². The number of para-hydroxylation sites is 2. The molecule has 0 unspecified atom stereocenters. The van der Waals surface area contributed by atoms with Crippen LogP contribution >= 0.6 is 0 Å². The molecule has 0 radical (unpaired) electrons. The molecule has 0 atom stereocenters. The van der Waals surface area contributed by atoms with E-state index in [9.17, 15) is 4.79 Å². The first-order valence-corrected chi connectivity index (χ1v) is 6.71. The Morgan fingerprint density at radius 3 is 2.43 bits per heavy atom. The lowest BCUT2D eigenvalue weighted by Gasteiger charge is -2.14. The van der Waals surface area contributed by atoms with Crippen LogP contribution < -0.4 is 20.9 Å². The molecule has 0 saturated carbocycles. The topological polar surface area (TPSA) is 87.6 Å². The molecule has 0 heterocycles. The summed E-state index contributed by atoms with van der Waals surface area (Å²) in [6, 6.07) is 12.0. The van der Waals surface area contributed by atoms with E-state index in [2.05, 4.69) is 0 Å². The molecular formula is C16H18N2O3. The SMILES string of the molecule is CCCOc1cccc(Oc2ccccc2C(N)=O)c1N. The van der Waals surface area contributed by atoms with Gasteiger partial charge in [0.05, 0.1) is 12.2 Å². The maximum Gasteiger partial charge on any atom is 0.252 e. The number of amides is 1. The Hall–Kier alpha value is -2.69. The van der Waals surface area contributed by atoms with Crippen molar-refractivity contribution in [1.82, 2.24) is 0 Å². The fourth-order valence-electron chi connectivity index (χ4n) is 1.83. The average Bonchev–Trinajstić information content (AvgIpc) is 2.48. The summed E-state index contributed by atoms with van der Waals surface area (Å²) in [7, 11) is 0. The normalized spacial score (nSPS) is 10.1. The fraction of sp³-hybridized carbons (Fsp3) is 0.188. The maximum atomic E-state index is 11.4. The van der Waals surface area contributed by atoms with Crippen molar-refractivity contribution in [2.24, 2.45) is 5.73 Å². The highest BCUT2D eigenvalue weighted by Crippen LogP contribution is 2.35. The van der Waals surface area contributed by atoms with Gasteiger partial charge in [0, 0.05) is 0 Å². The molecule has 0 saturated heterocycles. The van der Waals surface area contributed by atoms with E-state index in [0.29, 0.717) is 35.1 Å². The summed E-state index contributed by atoms with van der Waals surface area (Å²) in [5.74, 6) is 0.801. The van der Waals surface area contributed by atoms with Gasteiger partial charge in [-0.3, -0.25) is 4.79 Å². The van der Waals surface area contributed by atoms with Gasteiger partial charge in [0.25, 0.3) is 5.91 Å². The van der Waals surface area contributed by atoms with Gasteiger partial charge in [0.1, 0.15) is 17.2 Å². The number of nitrogen functional groups attached to an aromatic ring is 1. The van der Waals surface area contributed by atoms with Crippen LogP contribution in [0.25, 0.3) is 0 Å². The van der Waals surface area contributed by atoms with E-state index >= 15 is 0 Å². The fourth-order valence-corrected chi connectivity index (χ4v) is 1.83. The van der Waals surface area contributed by atoms with E-state index in [4.69, 9.17) is 20.9 Å². The van der Waals surface area contributed by atoms with Gasteiger partial charge in [0.15, 0.2) is 5.75 Å². The average molecular weight is 286 g/mol. The molecule has 0 aliphatic rings. The molecule has 110 valence electrons. The number of anilines is 1. The molecule has 2 aromatic rings. The largest absolute Gasteiger partial charge is 0.491 e. The van der Waals surface area contributed by atoms with Crippen LogP contribution in [0.4, 0.5) is 5.69 Å². The van der Waals surface area contributed by atoms with E-state index in [0.717, 1.165) is 6.42 Å². The predicted molar refractivity (Wildman–Crippen MR) is 81.7 cm³/mol. The van der Waals surface area contributed by atoms with Gasteiger partial charge in [-0.05, 0) is 30.7 Å². The highest BCUT2D eigenvalue weighted by atomic mass is 16.5. The number of nitrogens with two attached hydrogens (primary N) is 2. The molecule has 0 bridgehead atoms. The van der Waals surface area contributed by atoms with Crippen molar-refractivity contribution in [3.63, 3.8) is 0 Å². The second-order valence-electron chi connectivity index (χ2n) is 4.48. The first kappa shape index (κ1) is 14.7. The summed E-state index contributed by atoms with van der Waals surface area (Å²) in [4.78, 5) is 11.4. The van der Waals surface area contributed by atoms with Crippen LogP contribution in [0.5, 0.6) is 17.2 Å². The van der Waals surface area contributed by atoms with Crippen LogP contribution in [0.3, 0.4) is 0 Å². The van der Waals surface area contributed by atoms with Gasteiger partial charge in [-0.25, -0.2) is 0 Å². The van der Waals surface area contributed by atoms with E-state index in [1.165, 1.54) is 0 Å². The lowest BCUT2D eigenvalue weighted by atomic mass is 10.2. The summed E-state index contributed by atoms with van der Waals surface area (Å²) >= 11 is 0. The van der Waals surface area contributed by atoms with Crippen molar-refractivity contribution in [2.45, 2.75) is 13.3 Å². The molecule has 5 nitrogen and oxygen atoms in total. The maximum absolute atomic E-state index is 11.4.